The molecule has 2 heterocycles. The molecule has 2 aromatic rings. The third-order valence-electron chi connectivity index (χ3n) is 6.11. The lowest BCUT2D eigenvalue weighted by Crippen LogP contribution is -2.35. The second-order valence-electron chi connectivity index (χ2n) is 7.93. The van der Waals surface area contributed by atoms with Gasteiger partial charge >= 0.3 is 5.97 Å². The summed E-state index contributed by atoms with van der Waals surface area (Å²) in [7, 11) is 1.42. The first kappa shape index (κ1) is 19.9. The first-order valence-corrected chi connectivity index (χ1v) is 10.6. The van der Waals surface area contributed by atoms with Gasteiger partial charge in [-0.2, -0.15) is 0 Å². The van der Waals surface area contributed by atoms with Crippen LogP contribution in [0, 0.1) is 0 Å². The number of benzene rings is 2. The molecule has 2 saturated heterocycles. The van der Waals surface area contributed by atoms with Crippen LogP contribution in [0.4, 0.5) is 5.69 Å². The summed E-state index contributed by atoms with van der Waals surface area (Å²) in [5.41, 5.74) is 4.62. The Hall–Kier alpha value is -2.37. The van der Waals surface area contributed by atoms with Gasteiger partial charge in [-0.15, -0.1) is 0 Å². The Bertz CT molecular complexity index is 790. The molecule has 2 aliphatic rings. The van der Waals surface area contributed by atoms with E-state index in [2.05, 4.69) is 46.2 Å². The molecule has 5 heteroatoms. The first-order chi connectivity index (χ1) is 14.2. The van der Waals surface area contributed by atoms with Crippen LogP contribution in [0.5, 0.6) is 0 Å². The van der Waals surface area contributed by atoms with E-state index < -0.39 is 0 Å². The minimum atomic E-state index is -0.275. The number of hydrogen-bond acceptors (Lipinski definition) is 5. The molecular formula is C24H30N2O3. The molecule has 4 rings (SSSR count). The van der Waals surface area contributed by atoms with Crippen LogP contribution in [-0.4, -0.2) is 57.4 Å². The van der Waals surface area contributed by atoms with Crippen LogP contribution in [0.2, 0.25) is 0 Å². The first-order valence-electron chi connectivity index (χ1n) is 10.6. The van der Waals surface area contributed by atoms with Crippen molar-refractivity contribution < 1.29 is 14.3 Å². The smallest absolute Gasteiger partial charge is 0.337 e. The van der Waals surface area contributed by atoms with Gasteiger partial charge in [0.2, 0.25) is 0 Å². The Morgan fingerprint density at radius 3 is 2.24 bits per heavy atom. The highest BCUT2D eigenvalue weighted by atomic mass is 16.5. The Kier molecular flexibility index (Phi) is 6.47. The van der Waals surface area contributed by atoms with Gasteiger partial charge in [-0.1, -0.05) is 24.3 Å². The Morgan fingerprint density at radius 2 is 1.62 bits per heavy atom. The number of methoxy groups -OCH3 is 1. The summed E-state index contributed by atoms with van der Waals surface area (Å²) in [6.07, 6.45) is 2.26. The molecule has 0 radical (unpaired) electrons. The number of esters is 1. The number of ether oxygens (including phenoxy) is 2. The molecule has 0 bridgehead atoms. The van der Waals surface area contributed by atoms with E-state index in [1.54, 1.807) is 0 Å². The standard InChI is InChI=1S/C24H30N2O3/c1-28-24(27)22-6-4-20(5-7-22)21-10-12-26(13-11-21)23-8-2-19(3-9-23)18-25-14-16-29-17-15-25/h2-9,21H,10-18H2,1H3. The lowest BCUT2D eigenvalue weighted by molar-refractivity contribution is 0.0342. The number of carbonyl (C=O) groups is 1. The maximum atomic E-state index is 11.6. The number of carbonyl (C=O) groups excluding carboxylic acids is 1. The van der Waals surface area contributed by atoms with Gasteiger partial charge in [0.25, 0.3) is 0 Å². The van der Waals surface area contributed by atoms with E-state index in [1.165, 1.54) is 23.9 Å². The number of morpholine rings is 1. The summed E-state index contributed by atoms with van der Waals surface area (Å²) in [5.74, 6) is 0.280. The number of anilines is 1. The highest BCUT2D eigenvalue weighted by Crippen LogP contribution is 2.31. The molecule has 2 aliphatic heterocycles. The van der Waals surface area contributed by atoms with Crippen molar-refractivity contribution in [1.29, 1.82) is 0 Å². The molecule has 0 spiro atoms. The van der Waals surface area contributed by atoms with Crippen LogP contribution in [0.3, 0.4) is 0 Å². The monoisotopic (exact) mass is 394 g/mol. The molecule has 0 amide bonds. The molecule has 0 aromatic heterocycles. The number of piperidine rings is 1. The van der Waals surface area contributed by atoms with E-state index in [9.17, 15) is 4.79 Å². The number of nitrogens with zero attached hydrogens (tertiary/aromatic N) is 2. The Balaban J connectivity index is 1.30. The van der Waals surface area contributed by atoms with Crippen molar-refractivity contribution in [1.82, 2.24) is 4.90 Å². The maximum absolute atomic E-state index is 11.6. The number of rotatable bonds is 5. The van der Waals surface area contributed by atoms with Crippen LogP contribution < -0.4 is 4.90 Å². The summed E-state index contributed by atoms with van der Waals surface area (Å²) in [4.78, 5) is 16.5. The fraction of sp³-hybridized carbons (Fsp3) is 0.458. The van der Waals surface area contributed by atoms with Gasteiger partial charge in [0, 0.05) is 38.4 Å². The molecule has 5 nitrogen and oxygen atoms in total. The van der Waals surface area contributed by atoms with E-state index >= 15 is 0 Å². The van der Waals surface area contributed by atoms with E-state index in [1.807, 2.05) is 12.1 Å². The van der Waals surface area contributed by atoms with Crippen LogP contribution in [0.25, 0.3) is 0 Å². The van der Waals surface area contributed by atoms with Crippen LogP contribution >= 0.6 is 0 Å². The quantitative estimate of drug-likeness (QED) is 0.724. The average Bonchev–Trinajstić information content (AvgIpc) is 2.80. The topological polar surface area (TPSA) is 42.0 Å². The summed E-state index contributed by atoms with van der Waals surface area (Å²) in [5, 5.41) is 0. The van der Waals surface area contributed by atoms with Crippen LogP contribution in [-0.2, 0) is 16.0 Å². The summed E-state index contributed by atoms with van der Waals surface area (Å²) in [6, 6.07) is 17.0. The van der Waals surface area contributed by atoms with Crippen molar-refractivity contribution in [2.75, 3.05) is 51.4 Å². The van der Waals surface area contributed by atoms with Gasteiger partial charge in [0.05, 0.1) is 25.9 Å². The lowest BCUT2D eigenvalue weighted by Gasteiger charge is -2.34. The van der Waals surface area contributed by atoms with E-state index in [4.69, 9.17) is 9.47 Å². The predicted octanol–water partition coefficient (Wildman–Crippen LogP) is 3.69. The zero-order valence-corrected chi connectivity index (χ0v) is 17.2. The zero-order chi connectivity index (χ0) is 20.1. The minimum Gasteiger partial charge on any atom is -0.465 e. The van der Waals surface area contributed by atoms with Crippen LogP contribution in [0.1, 0.15) is 40.2 Å². The fourth-order valence-corrected chi connectivity index (χ4v) is 4.31. The molecule has 0 aliphatic carbocycles. The molecule has 2 aromatic carbocycles. The lowest BCUT2D eigenvalue weighted by atomic mass is 9.89. The van der Waals surface area contributed by atoms with Crippen LogP contribution in [0.15, 0.2) is 48.5 Å². The summed E-state index contributed by atoms with van der Waals surface area (Å²) >= 11 is 0. The van der Waals surface area contributed by atoms with E-state index in [-0.39, 0.29) is 5.97 Å². The second kappa shape index (κ2) is 9.42. The largest absolute Gasteiger partial charge is 0.465 e. The van der Waals surface area contributed by atoms with Crippen molar-refractivity contribution in [3.05, 3.63) is 65.2 Å². The van der Waals surface area contributed by atoms with Crippen molar-refractivity contribution in [3.8, 4) is 0 Å². The van der Waals surface area contributed by atoms with Crippen molar-refractivity contribution in [3.63, 3.8) is 0 Å². The van der Waals surface area contributed by atoms with Gasteiger partial charge in [-0.05, 0) is 54.2 Å². The highest BCUT2D eigenvalue weighted by Gasteiger charge is 2.21. The van der Waals surface area contributed by atoms with Gasteiger partial charge in [0.15, 0.2) is 0 Å². The van der Waals surface area contributed by atoms with Gasteiger partial charge < -0.3 is 14.4 Å². The molecule has 0 atom stereocenters. The van der Waals surface area contributed by atoms with E-state index in [0.29, 0.717) is 11.5 Å². The molecule has 0 N–H and O–H groups in total. The van der Waals surface area contributed by atoms with E-state index in [0.717, 1.165) is 58.8 Å². The number of hydrogen-bond donors (Lipinski definition) is 0. The third kappa shape index (κ3) is 4.98. The van der Waals surface area contributed by atoms with Crippen molar-refractivity contribution in [2.45, 2.75) is 25.3 Å². The molecular weight excluding hydrogens is 364 g/mol. The molecule has 0 unspecified atom stereocenters. The molecule has 29 heavy (non-hydrogen) atoms. The molecule has 0 saturated carbocycles. The van der Waals surface area contributed by atoms with Crippen molar-refractivity contribution in [2.24, 2.45) is 0 Å². The molecule has 2 fully saturated rings. The summed E-state index contributed by atoms with van der Waals surface area (Å²) in [6.45, 7) is 6.87. The maximum Gasteiger partial charge on any atom is 0.337 e. The Morgan fingerprint density at radius 1 is 0.966 bits per heavy atom. The molecule has 154 valence electrons. The van der Waals surface area contributed by atoms with Crippen molar-refractivity contribution >= 4 is 11.7 Å². The Labute approximate surface area is 173 Å². The summed E-state index contributed by atoms with van der Waals surface area (Å²) < 4.78 is 10.2. The normalized spacial score (nSPS) is 18.6. The predicted molar refractivity (Wildman–Crippen MR) is 115 cm³/mol. The minimum absolute atomic E-state index is 0.275. The van der Waals surface area contributed by atoms with Gasteiger partial charge in [-0.25, -0.2) is 4.79 Å². The fourth-order valence-electron chi connectivity index (χ4n) is 4.31. The second-order valence-corrected chi connectivity index (χ2v) is 7.93. The average molecular weight is 395 g/mol. The zero-order valence-electron chi connectivity index (χ0n) is 17.2. The SMILES string of the molecule is COC(=O)c1ccc(C2CCN(c3ccc(CN4CCOCC4)cc3)CC2)cc1. The van der Waals surface area contributed by atoms with Gasteiger partial charge in [-0.3, -0.25) is 4.90 Å². The highest BCUT2D eigenvalue weighted by molar-refractivity contribution is 5.89. The van der Waals surface area contributed by atoms with Gasteiger partial charge in [0.1, 0.15) is 0 Å². The third-order valence-corrected chi connectivity index (χ3v) is 6.11.